The first-order chi connectivity index (χ1) is 7.74. The first kappa shape index (κ1) is 12.5. The quantitative estimate of drug-likeness (QED) is 0.722. The van der Waals surface area contributed by atoms with Gasteiger partial charge in [0.05, 0.1) is 0 Å². The van der Waals surface area contributed by atoms with Gasteiger partial charge in [-0.3, -0.25) is 0 Å². The Hall–Kier alpha value is -1.55. The SMILES string of the molecule is CNCCCC(OC(N)=O)c1ccccc1. The molecule has 0 radical (unpaired) electrons. The van der Waals surface area contributed by atoms with E-state index < -0.39 is 6.09 Å². The molecule has 0 saturated carbocycles. The highest BCUT2D eigenvalue weighted by atomic mass is 16.6. The molecular weight excluding hydrogens is 204 g/mol. The maximum atomic E-state index is 10.8. The third-order valence-corrected chi connectivity index (χ3v) is 2.32. The van der Waals surface area contributed by atoms with Crippen molar-refractivity contribution < 1.29 is 9.53 Å². The van der Waals surface area contributed by atoms with Crippen molar-refractivity contribution in [2.45, 2.75) is 18.9 Å². The van der Waals surface area contributed by atoms with Gasteiger partial charge in [0.2, 0.25) is 0 Å². The fourth-order valence-electron chi connectivity index (χ4n) is 1.57. The Labute approximate surface area is 95.8 Å². The van der Waals surface area contributed by atoms with Crippen molar-refractivity contribution in [1.29, 1.82) is 0 Å². The standard InChI is InChI=1S/C12H18N2O2/c1-14-9-5-8-11(16-12(13)15)10-6-3-2-4-7-10/h2-4,6-7,11,14H,5,8-9H2,1H3,(H2,13,15). The molecule has 0 aliphatic rings. The number of hydrogen-bond donors (Lipinski definition) is 2. The average Bonchev–Trinajstić information content (AvgIpc) is 2.29. The normalized spacial score (nSPS) is 12.1. The Morgan fingerprint density at radius 2 is 2.12 bits per heavy atom. The van der Waals surface area contributed by atoms with E-state index >= 15 is 0 Å². The van der Waals surface area contributed by atoms with Crippen LogP contribution in [0.5, 0.6) is 0 Å². The van der Waals surface area contributed by atoms with Crippen LogP contribution < -0.4 is 11.1 Å². The van der Waals surface area contributed by atoms with Gasteiger partial charge in [-0.15, -0.1) is 0 Å². The molecule has 0 bridgehead atoms. The number of ether oxygens (including phenoxy) is 1. The van der Waals surface area contributed by atoms with Gasteiger partial charge in [0, 0.05) is 0 Å². The maximum absolute atomic E-state index is 10.8. The van der Waals surface area contributed by atoms with Gasteiger partial charge in [-0.1, -0.05) is 30.3 Å². The van der Waals surface area contributed by atoms with Crippen LogP contribution in [0.1, 0.15) is 24.5 Å². The van der Waals surface area contributed by atoms with E-state index in [1.807, 2.05) is 37.4 Å². The lowest BCUT2D eigenvalue weighted by molar-refractivity contribution is 0.1000. The van der Waals surface area contributed by atoms with Gasteiger partial charge in [-0.2, -0.15) is 0 Å². The maximum Gasteiger partial charge on any atom is 0.405 e. The lowest BCUT2D eigenvalue weighted by Gasteiger charge is -2.16. The number of primary amides is 1. The third-order valence-electron chi connectivity index (χ3n) is 2.32. The van der Waals surface area contributed by atoms with Crippen molar-refractivity contribution >= 4 is 6.09 Å². The van der Waals surface area contributed by atoms with Gasteiger partial charge in [-0.05, 0) is 32.0 Å². The van der Waals surface area contributed by atoms with Crippen molar-refractivity contribution in [3.63, 3.8) is 0 Å². The first-order valence-corrected chi connectivity index (χ1v) is 5.39. The molecule has 1 amide bonds. The van der Waals surface area contributed by atoms with E-state index in [0.29, 0.717) is 0 Å². The van der Waals surface area contributed by atoms with Crippen LogP contribution >= 0.6 is 0 Å². The van der Waals surface area contributed by atoms with E-state index in [9.17, 15) is 4.79 Å². The van der Waals surface area contributed by atoms with Crippen molar-refractivity contribution in [2.75, 3.05) is 13.6 Å². The summed E-state index contributed by atoms with van der Waals surface area (Å²) >= 11 is 0. The van der Waals surface area contributed by atoms with Gasteiger partial charge in [0.25, 0.3) is 0 Å². The number of hydrogen-bond acceptors (Lipinski definition) is 3. The summed E-state index contributed by atoms with van der Waals surface area (Å²) in [7, 11) is 1.90. The molecule has 1 atom stereocenters. The fourth-order valence-corrected chi connectivity index (χ4v) is 1.57. The monoisotopic (exact) mass is 222 g/mol. The summed E-state index contributed by atoms with van der Waals surface area (Å²) < 4.78 is 5.09. The second-order valence-corrected chi connectivity index (χ2v) is 3.58. The number of carbonyl (C=O) groups is 1. The number of rotatable bonds is 6. The molecule has 4 nitrogen and oxygen atoms in total. The molecule has 3 N–H and O–H groups in total. The number of amides is 1. The predicted octanol–water partition coefficient (Wildman–Crippen LogP) is 1.82. The van der Waals surface area contributed by atoms with Crippen LogP contribution in [0.2, 0.25) is 0 Å². The molecule has 0 fully saturated rings. The molecule has 1 aromatic carbocycles. The van der Waals surface area contributed by atoms with Gasteiger partial charge in [0.15, 0.2) is 0 Å². The zero-order valence-electron chi connectivity index (χ0n) is 9.48. The molecule has 1 unspecified atom stereocenters. The lowest BCUT2D eigenvalue weighted by Crippen LogP contribution is -2.18. The molecule has 0 heterocycles. The smallest absolute Gasteiger partial charge is 0.405 e. The first-order valence-electron chi connectivity index (χ1n) is 5.39. The highest BCUT2D eigenvalue weighted by molar-refractivity contribution is 5.65. The number of benzene rings is 1. The highest BCUT2D eigenvalue weighted by Gasteiger charge is 2.13. The molecule has 0 aromatic heterocycles. The number of nitrogens with one attached hydrogen (secondary N) is 1. The Kier molecular flexibility index (Phi) is 5.36. The summed E-state index contributed by atoms with van der Waals surface area (Å²) in [5, 5.41) is 3.06. The van der Waals surface area contributed by atoms with Crippen LogP contribution in [0.25, 0.3) is 0 Å². The zero-order chi connectivity index (χ0) is 11.8. The summed E-state index contributed by atoms with van der Waals surface area (Å²) in [6.07, 6.45) is 0.738. The summed E-state index contributed by atoms with van der Waals surface area (Å²) in [5.74, 6) is 0. The van der Waals surface area contributed by atoms with E-state index in [1.54, 1.807) is 0 Å². The van der Waals surface area contributed by atoms with Crippen LogP contribution in [0.4, 0.5) is 4.79 Å². The summed E-state index contributed by atoms with van der Waals surface area (Å²) in [6, 6.07) is 9.65. The Morgan fingerprint density at radius 1 is 1.44 bits per heavy atom. The molecular formula is C12H18N2O2. The molecule has 1 aromatic rings. The Bertz CT molecular complexity index is 314. The predicted molar refractivity (Wildman–Crippen MR) is 63.0 cm³/mol. The average molecular weight is 222 g/mol. The van der Waals surface area contributed by atoms with Crippen LogP contribution in [0.15, 0.2) is 30.3 Å². The minimum Gasteiger partial charge on any atom is -0.442 e. The van der Waals surface area contributed by atoms with Crippen molar-refractivity contribution in [1.82, 2.24) is 5.32 Å². The van der Waals surface area contributed by atoms with Crippen LogP contribution in [-0.4, -0.2) is 19.7 Å². The second kappa shape index (κ2) is 6.85. The topological polar surface area (TPSA) is 64.3 Å². The Balaban J connectivity index is 2.60. The number of nitrogens with two attached hydrogens (primary N) is 1. The Morgan fingerprint density at radius 3 is 2.69 bits per heavy atom. The van der Waals surface area contributed by atoms with E-state index in [1.165, 1.54) is 0 Å². The van der Waals surface area contributed by atoms with Crippen LogP contribution in [0, 0.1) is 0 Å². The molecule has 0 aliphatic carbocycles. The van der Waals surface area contributed by atoms with Gasteiger partial charge < -0.3 is 15.8 Å². The fraction of sp³-hybridized carbons (Fsp3) is 0.417. The van der Waals surface area contributed by atoms with E-state index in [0.717, 1.165) is 24.9 Å². The summed E-state index contributed by atoms with van der Waals surface area (Å²) in [4.78, 5) is 10.8. The van der Waals surface area contributed by atoms with Gasteiger partial charge in [-0.25, -0.2) is 4.79 Å². The molecule has 1 rings (SSSR count). The van der Waals surface area contributed by atoms with Gasteiger partial charge in [0.1, 0.15) is 6.10 Å². The number of carbonyl (C=O) groups excluding carboxylic acids is 1. The minimum absolute atomic E-state index is 0.243. The summed E-state index contributed by atoms with van der Waals surface area (Å²) in [5.41, 5.74) is 6.04. The molecule has 0 spiro atoms. The van der Waals surface area contributed by atoms with Crippen LogP contribution in [0.3, 0.4) is 0 Å². The van der Waals surface area contributed by atoms with E-state index in [2.05, 4.69) is 5.32 Å². The van der Waals surface area contributed by atoms with Crippen molar-refractivity contribution in [2.24, 2.45) is 5.73 Å². The van der Waals surface area contributed by atoms with E-state index in [4.69, 9.17) is 10.5 Å². The lowest BCUT2D eigenvalue weighted by atomic mass is 10.0. The third kappa shape index (κ3) is 4.31. The van der Waals surface area contributed by atoms with Crippen LogP contribution in [-0.2, 0) is 4.74 Å². The second-order valence-electron chi connectivity index (χ2n) is 3.58. The van der Waals surface area contributed by atoms with Crippen molar-refractivity contribution in [3.05, 3.63) is 35.9 Å². The molecule has 16 heavy (non-hydrogen) atoms. The van der Waals surface area contributed by atoms with Crippen molar-refractivity contribution in [3.8, 4) is 0 Å². The minimum atomic E-state index is -0.724. The molecule has 0 aliphatic heterocycles. The molecule has 88 valence electrons. The highest BCUT2D eigenvalue weighted by Crippen LogP contribution is 2.22. The largest absolute Gasteiger partial charge is 0.442 e. The van der Waals surface area contributed by atoms with E-state index in [-0.39, 0.29) is 6.10 Å². The summed E-state index contributed by atoms with van der Waals surface area (Å²) in [6.45, 7) is 0.894. The zero-order valence-corrected chi connectivity index (χ0v) is 9.48. The molecule has 0 saturated heterocycles. The molecule has 4 heteroatoms. The van der Waals surface area contributed by atoms with Gasteiger partial charge >= 0.3 is 6.09 Å².